The predicted octanol–water partition coefficient (Wildman–Crippen LogP) is 18.0. The molecule has 3 aliphatic rings. The van der Waals surface area contributed by atoms with Crippen LogP contribution >= 0.6 is 0 Å². The Morgan fingerprint density at radius 3 is 1.71 bits per heavy atom. The second-order valence-corrected chi connectivity index (χ2v) is 19.9. The number of para-hydroxylation sites is 2. The molecule has 3 aliphatic carbocycles. The lowest BCUT2D eigenvalue weighted by molar-refractivity contribution is 0.660. The van der Waals surface area contributed by atoms with E-state index in [9.17, 15) is 0 Å². The van der Waals surface area contributed by atoms with E-state index in [0.29, 0.717) is 0 Å². The molecule has 72 heavy (non-hydrogen) atoms. The van der Waals surface area contributed by atoms with E-state index < -0.39 is 5.41 Å². The van der Waals surface area contributed by atoms with E-state index in [1.54, 1.807) is 0 Å². The van der Waals surface area contributed by atoms with E-state index >= 15 is 0 Å². The summed E-state index contributed by atoms with van der Waals surface area (Å²) in [6.07, 6.45) is 6.24. The van der Waals surface area contributed by atoms with Crippen LogP contribution in [0.5, 0.6) is 0 Å². The molecule has 0 spiro atoms. The summed E-state index contributed by atoms with van der Waals surface area (Å²) in [7, 11) is 0. The quantitative estimate of drug-likeness (QED) is 0.138. The van der Waals surface area contributed by atoms with Crippen molar-refractivity contribution in [2.45, 2.75) is 24.7 Å². The molecule has 2 heteroatoms. The predicted molar refractivity (Wildman–Crippen MR) is 300 cm³/mol. The maximum Gasteiger partial charge on any atom is 0.0792 e. The molecule has 0 N–H and O–H groups in total. The second-order valence-electron chi connectivity index (χ2n) is 19.9. The second kappa shape index (κ2) is 16.2. The van der Waals surface area contributed by atoms with Crippen LogP contribution in [0.3, 0.4) is 0 Å². The zero-order chi connectivity index (χ0) is 48.0. The summed E-state index contributed by atoms with van der Waals surface area (Å²) in [5.41, 5.74) is 30.5. The van der Waals surface area contributed by atoms with Crippen LogP contribution in [0, 0.1) is 0 Å². The molecule has 10 aromatic carbocycles. The van der Waals surface area contributed by atoms with Crippen molar-refractivity contribution in [3.63, 3.8) is 0 Å². The Morgan fingerprint density at radius 1 is 0.403 bits per heavy atom. The summed E-state index contributed by atoms with van der Waals surface area (Å²) in [5.74, 6) is 0. The molecule has 0 amide bonds. The fourth-order valence-electron chi connectivity index (χ4n) is 12.4. The van der Waals surface area contributed by atoms with Crippen molar-refractivity contribution in [2.24, 2.45) is 0 Å². The van der Waals surface area contributed by atoms with Gasteiger partial charge >= 0.3 is 0 Å². The standard InChI is InChI=1S/C70H48N2/c1-69(2)63-27-15-12-24-57(63)59-41-39-56(46-66(59)69)71(55-40-42-65-61(45-55)58-25-13-16-28-64(58)70(65,51-18-6-3-7-19-51)52-20-8-4-9-21-52)54-37-34-48(35-38-54)47-30-32-49(33-31-47)50-36-43-68-62(44-50)60-26-14-17-29-67(60)72(68)53-22-10-5-11-23-53/h3-8,10-20,22-46H,1-2H3. The van der Waals surface area contributed by atoms with Crippen LogP contribution in [0.4, 0.5) is 17.1 Å². The van der Waals surface area contributed by atoms with Crippen molar-refractivity contribution >= 4 is 38.9 Å². The number of aromatic nitrogens is 1. The van der Waals surface area contributed by atoms with Crippen molar-refractivity contribution in [3.8, 4) is 50.2 Å². The number of hydrogen-bond acceptors (Lipinski definition) is 1. The van der Waals surface area contributed by atoms with E-state index in [1.807, 2.05) is 6.08 Å². The van der Waals surface area contributed by atoms with Crippen LogP contribution in [0.15, 0.2) is 272 Å². The Labute approximate surface area is 420 Å². The highest BCUT2D eigenvalue weighted by atomic mass is 15.1. The molecule has 1 aromatic heterocycles. The van der Waals surface area contributed by atoms with Gasteiger partial charge in [0.25, 0.3) is 0 Å². The molecular formula is C70H48N2. The maximum atomic E-state index is 3.57. The van der Waals surface area contributed by atoms with E-state index in [0.717, 1.165) is 22.6 Å². The minimum absolute atomic E-state index is 0.147. The lowest BCUT2D eigenvalue weighted by Crippen LogP contribution is -2.28. The van der Waals surface area contributed by atoms with Crippen LogP contribution in [-0.2, 0) is 10.8 Å². The van der Waals surface area contributed by atoms with Crippen molar-refractivity contribution in [3.05, 3.63) is 300 Å². The number of rotatable bonds is 8. The Morgan fingerprint density at radius 2 is 0.958 bits per heavy atom. The molecule has 338 valence electrons. The van der Waals surface area contributed by atoms with E-state index in [2.05, 4.69) is 284 Å². The van der Waals surface area contributed by atoms with Gasteiger partial charge in [-0.15, -0.1) is 0 Å². The molecule has 2 nitrogen and oxygen atoms in total. The van der Waals surface area contributed by atoms with Crippen molar-refractivity contribution < 1.29 is 0 Å². The lowest BCUT2D eigenvalue weighted by atomic mass is 9.67. The Kier molecular flexibility index (Phi) is 9.41. The van der Waals surface area contributed by atoms with E-state index in [-0.39, 0.29) is 5.41 Å². The first kappa shape index (κ1) is 41.8. The number of fused-ring (bicyclic) bond motifs is 9. The molecule has 0 radical (unpaired) electrons. The summed E-state index contributed by atoms with van der Waals surface area (Å²) in [4.78, 5) is 2.45. The normalized spacial score (nSPS) is 15.6. The highest BCUT2D eigenvalue weighted by Gasteiger charge is 2.47. The minimum atomic E-state index is -0.551. The van der Waals surface area contributed by atoms with Crippen molar-refractivity contribution in [1.29, 1.82) is 0 Å². The topological polar surface area (TPSA) is 8.17 Å². The van der Waals surface area contributed by atoms with Crippen LogP contribution in [-0.4, -0.2) is 4.57 Å². The SMILES string of the molecule is CC1(C)c2ccccc2-c2ccc(N(c3ccc(-c4ccc(-c5ccc6c(c5)c5ccccc5n6-c5ccccc5)cc4)cc3)c3ccc4c(c3)-c3ccccc3C4(C3=C=C=CC=C3)c3ccccc3)cc21. The molecular weight excluding hydrogens is 869 g/mol. The van der Waals surface area contributed by atoms with Gasteiger partial charge in [-0.1, -0.05) is 201 Å². The highest BCUT2D eigenvalue weighted by molar-refractivity contribution is 6.10. The average molecular weight is 917 g/mol. The number of hydrogen-bond donors (Lipinski definition) is 0. The van der Waals surface area contributed by atoms with Crippen LogP contribution in [0.25, 0.3) is 72.0 Å². The smallest absolute Gasteiger partial charge is 0.0792 e. The molecule has 1 unspecified atom stereocenters. The van der Waals surface area contributed by atoms with E-state index in [4.69, 9.17) is 0 Å². The molecule has 11 aromatic rings. The van der Waals surface area contributed by atoms with Gasteiger partial charge < -0.3 is 9.47 Å². The Bertz CT molecular complexity index is 4120. The van der Waals surface area contributed by atoms with Gasteiger partial charge in [-0.2, -0.15) is 0 Å². The third kappa shape index (κ3) is 6.24. The van der Waals surface area contributed by atoms with Gasteiger partial charge in [0.05, 0.1) is 16.4 Å². The Balaban J connectivity index is 0.868. The van der Waals surface area contributed by atoms with Gasteiger partial charge in [0, 0.05) is 44.5 Å². The van der Waals surface area contributed by atoms with Gasteiger partial charge in [0.15, 0.2) is 0 Å². The number of nitrogens with zero attached hydrogens (tertiary/aromatic N) is 2. The summed E-state index contributed by atoms with van der Waals surface area (Å²) in [6.45, 7) is 4.73. The third-order valence-corrected chi connectivity index (χ3v) is 15.7. The summed E-state index contributed by atoms with van der Waals surface area (Å²) in [5, 5.41) is 2.51. The molecule has 0 fully saturated rings. The zero-order valence-electron chi connectivity index (χ0n) is 40.1. The van der Waals surface area contributed by atoms with E-state index in [1.165, 1.54) is 99.8 Å². The number of anilines is 3. The lowest BCUT2D eigenvalue weighted by Gasteiger charge is -2.34. The minimum Gasteiger partial charge on any atom is -0.310 e. The van der Waals surface area contributed by atoms with Gasteiger partial charge in [0.1, 0.15) is 0 Å². The molecule has 14 rings (SSSR count). The monoisotopic (exact) mass is 916 g/mol. The summed E-state index contributed by atoms with van der Waals surface area (Å²) < 4.78 is 2.37. The van der Waals surface area contributed by atoms with Crippen molar-refractivity contribution in [2.75, 3.05) is 4.90 Å². The first-order chi connectivity index (χ1) is 35.5. The summed E-state index contributed by atoms with van der Waals surface area (Å²) in [6, 6.07) is 87.4. The third-order valence-electron chi connectivity index (χ3n) is 15.7. The first-order valence-corrected chi connectivity index (χ1v) is 25.0. The fourth-order valence-corrected chi connectivity index (χ4v) is 12.4. The first-order valence-electron chi connectivity index (χ1n) is 25.0. The number of allylic oxidation sites excluding steroid dienone is 4. The molecule has 0 saturated carbocycles. The molecule has 0 bridgehead atoms. The van der Waals surface area contributed by atoms with Crippen LogP contribution in [0.2, 0.25) is 0 Å². The fraction of sp³-hybridized carbons (Fsp3) is 0.0571. The molecule has 1 heterocycles. The highest BCUT2D eigenvalue weighted by Crippen LogP contribution is 2.58. The number of benzene rings is 10. The summed E-state index contributed by atoms with van der Waals surface area (Å²) >= 11 is 0. The van der Waals surface area contributed by atoms with Gasteiger partial charge in [-0.3, -0.25) is 0 Å². The maximum absolute atomic E-state index is 3.57. The van der Waals surface area contributed by atoms with Gasteiger partial charge in [-0.05, 0) is 151 Å². The van der Waals surface area contributed by atoms with Crippen molar-refractivity contribution in [1.82, 2.24) is 4.57 Å². The van der Waals surface area contributed by atoms with Crippen LogP contribution in [0.1, 0.15) is 41.7 Å². The molecule has 0 saturated heterocycles. The van der Waals surface area contributed by atoms with Crippen LogP contribution < -0.4 is 4.90 Å². The zero-order valence-corrected chi connectivity index (χ0v) is 40.1. The largest absolute Gasteiger partial charge is 0.310 e. The van der Waals surface area contributed by atoms with Gasteiger partial charge in [0.2, 0.25) is 0 Å². The van der Waals surface area contributed by atoms with Gasteiger partial charge in [-0.25, -0.2) is 0 Å². The average Bonchev–Trinajstić information content (AvgIpc) is 4.02. The Hall–Kier alpha value is -9.16. The molecule has 0 aliphatic heterocycles. The molecule has 1 atom stereocenters.